The third-order valence-electron chi connectivity index (χ3n) is 6.83. The molecule has 0 spiro atoms. The predicted molar refractivity (Wildman–Crippen MR) is 144 cm³/mol. The third-order valence-corrected chi connectivity index (χ3v) is 11.4. The molecule has 1 aromatic heterocycles. The van der Waals surface area contributed by atoms with E-state index in [9.17, 15) is 4.39 Å². The van der Waals surface area contributed by atoms with Crippen molar-refractivity contribution in [2.75, 3.05) is 31.3 Å². The second kappa shape index (κ2) is 10.9. The van der Waals surface area contributed by atoms with Gasteiger partial charge in [-0.3, -0.25) is 0 Å². The molecule has 0 saturated heterocycles. The van der Waals surface area contributed by atoms with Gasteiger partial charge in [-0.1, -0.05) is 39.0 Å². The number of alkyl halides is 1. The summed E-state index contributed by atoms with van der Waals surface area (Å²) in [6, 6.07) is 18.5. The van der Waals surface area contributed by atoms with E-state index < -0.39 is 21.1 Å². The summed E-state index contributed by atoms with van der Waals surface area (Å²) in [6.07, 6.45) is -0.569. The van der Waals surface area contributed by atoms with Gasteiger partial charge in [-0.05, 0) is 62.3 Å². The Balaban J connectivity index is 1.75. The number of fused-ring (bicyclic) bond motifs is 1. The molecule has 3 aromatic rings. The topological polar surface area (TPSA) is 34.6 Å². The summed E-state index contributed by atoms with van der Waals surface area (Å²) in [5, 5.41) is 1.06. The van der Waals surface area contributed by atoms with Crippen LogP contribution < -0.4 is 9.64 Å². The number of benzene rings is 2. The van der Waals surface area contributed by atoms with Gasteiger partial charge in [-0.15, -0.1) is 0 Å². The number of nitrogens with zero attached hydrogens (tertiary/aromatic N) is 2. The van der Waals surface area contributed by atoms with Crippen molar-refractivity contribution in [2.45, 2.75) is 58.9 Å². The van der Waals surface area contributed by atoms with E-state index in [2.05, 4.69) is 82.9 Å². The first-order valence-corrected chi connectivity index (χ1v) is 15.1. The van der Waals surface area contributed by atoms with Crippen LogP contribution >= 0.6 is 0 Å². The maximum Gasteiger partial charge on any atom is 0.192 e. The van der Waals surface area contributed by atoms with Crippen LogP contribution in [0, 0.1) is 0 Å². The average molecular weight is 483 g/mol. The zero-order valence-corrected chi connectivity index (χ0v) is 22.7. The lowest BCUT2D eigenvalue weighted by Gasteiger charge is -2.38. The van der Waals surface area contributed by atoms with Crippen molar-refractivity contribution in [3.63, 3.8) is 0 Å². The maximum absolute atomic E-state index is 13.7. The zero-order valence-electron chi connectivity index (χ0n) is 21.7. The predicted octanol–water partition coefficient (Wildman–Crippen LogP) is 7.49. The molecule has 6 heteroatoms. The van der Waals surface area contributed by atoms with E-state index >= 15 is 0 Å². The highest BCUT2D eigenvalue weighted by molar-refractivity contribution is 6.74. The first-order valence-electron chi connectivity index (χ1n) is 12.2. The fraction of sp³-hybridized carbons (Fsp3) is 0.464. The highest BCUT2D eigenvalue weighted by atomic mass is 28.4. The molecule has 0 aliphatic heterocycles. The number of hydrogen-bond acceptors (Lipinski definition) is 4. The molecular weight excluding hydrogens is 443 g/mol. The molecule has 0 fully saturated rings. The summed E-state index contributed by atoms with van der Waals surface area (Å²) < 4.78 is 25.8. The Morgan fingerprint density at radius 1 is 0.971 bits per heavy atom. The van der Waals surface area contributed by atoms with Crippen LogP contribution in [-0.4, -0.2) is 45.8 Å². The first kappa shape index (κ1) is 26.2. The minimum Gasteiger partial charge on any atom is -0.491 e. The Kier molecular flexibility index (Phi) is 8.37. The largest absolute Gasteiger partial charge is 0.491 e. The first-order chi connectivity index (χ1) is 16.1. The quantitative estimate of drug-likeness (QED) is 0.280. The lowest BCUT2D eigenvalue weighted by molar-refractivity contribution is 0.0920. The van der Waals surface area contributed by atoms with Crippen molar-refractivity contribution in [3.05, 3.63) is 54.6 Å². The van der Waals surface area contributed by atoms with Gasteiger partial charge in [0.15, 0.2) is 8.32 Å². The molecule has 0 saturated carbocycles. The molecule has 0 aliphatic rings. The van der Waals surface area contributed by atoms with Gasteiger partial charge in [0.2, 0.25) is 0 Å². The van der Waals surface area contributed by atoms with E-state index in [0.717, 1.165) is 35.2 Å². The number of ether oxygens (including phenoxy) is 1. The van der Waals surface area contributed by atoms with Gasteiger partial charge < -0.3 is 14.1 Å². The number of rotatable bonds is 10. The lowest BCUT2D eigenvalue weighted by atomic mass is 10.1. The van der Waals surface area contributed by atoms with Crippen LogP contribution in [0.4, 0.5) is 10.1 Å². The summed E-state index contributed by atoms with van der Waals surface area (Å²) in [6.45, 7) is 16.6. The molecule has 34 heavy (non-hydrogen) atoms. The van der Waals surface area contributed by atoms with Gasteiger partial charge >= 0.3 is 0 Å². The second-order valence-corrected chi connectivity index (χ2v) is 15.0. The Hall–Kier alpha value is -2.44. The van der Waals surface area contributed by atoms with Crippen LogP contribution in [0.15, 0.2) is 54.6 Å². The fourth-order valence-corrected chi connectivity index (χ4v) is 4.99. The monoisotopic (exact) mass is 482 g/mol. The Morgan fingerprint density at radius 2 is 1.62 bits per heavy atom. The summed E-state index contributed by atoms with van der Waals surface area (Å²) in [7, 11) is -2.07. The summed E-state index contributed by atoms with van der Waals surface area (Å²) in [5.41, 5.74) is 4.06. The molecule has 2 aromatic carbocycles. The second-order valence-electron chi connectivity index (χ2n) is 10.2. The van der Waals surface area contributed by atoms with Crippen molar-refractivity contribution in [2.24, 2.45) is 0 Å². The fourth-order valence-electron chi connectivity index (χ4n) is 3.67. The normalized spacial score (nSPS) is 13.2. The molecule has 1 unspecified atom stereocenters. The number of halogens is 1. The van der Waals surface area contributed by atoms with E-state index in [-0.39, 0.29) is 11.6 Å². The lowest BCUT2D eigenvalue weighted by Crippen LogP contribution is -2.46. The summed E-state index contributed by atoms with van der Waals surface area (Å²) >= 11 is 0. The number of hydrogen-bond donors (Lipinski definition) is 0. The zero-order chi connectivity index (χ0) is 24.9. The van der Waals surface area contributed by atoms with E-state index in [1.54, 1.807) is 0 Å². The molecule has 1 atom stereocenters. The molecule has 184 valence electrons. The van der Waals surface area contributed by atoms with Crippen LogP contribution in [-0.2, 0) is 4.43 Å². The molecule has 0 N–H and O–H groups in total. The minimum absolute atomic E-state index is 0.0211. The van der Waals surface area contributed by atoms with E-state index in [1.165, 1.54) is 5.69 Å². The van der Waals surface area contributed by atoms with Crippen molar-refractivity contribution in [3.8, 4) is 17.0 Å². The van der Waals surface area contributed by atoms with Crippen LogP contribution in [0.2, 0.25) is 18.1 Å². The summed E-state index contributed by atoms with van der Waals surface area (Å²) in [5.74, 6) is 0.673. The molecule has 0 bridgehead atoms. The Bertz CT molecular complexity index is 1080. The van der Waals surface area contributed by atoms with Gasteiger partial charge in [0, 0.05) is 35.8 Å². The minimum atomic E-state index is -2.07. The number of anilines is 1. The Labute approximate surface area is 205 Å². The van der Waals surface area contributed by atoms with E-state index in [1.807, 2.05) is 24.3 Å². The third kappa shape index (κ3) is 6.16. The highest BCUT2D eigenvalue weighted by Gasteiger charge is 2.39. The van der Waals surface area contributed by atoms with Gasteiger partial charge in [0.1, 0.15) is 25.1 Å². The van der Waals surface area contributed by atoms with Crippen LogP contribution in [0.25, 0.3) is 22.2 Å². The van der Waals surface area contributed by atoms with Crippen molar-refractivity contribution in [1.29, 1.82) is 0 Å². The average Bonchev–Trinajstić information content (AvgIpc) is 2.81. The van der Waals surface area contributed by atoms with Crippen molar-refractivity contribution >= 4 is 24.9 Å². The van der Waals surface area contributed by atoms with Gasteiger partial charge in [0.05, 0.1) is 11.2 Å². The number of aromatic nitrogens is 1. The molecule has 3 rings (SSSR count). The molecular formula is C28H39FN2O2Si. The number of pyridine rings is 1. The molecule has 0 amide bonds. The van der Waals surface area contributed by atoms with E-state index in [0.29, 0.717) is 5.75 Å². The van der Waals surface area contributed by atoms with Crippen LogP contribution in [0.5, 0.6) is 5.75 Å². The molecule has 1 heterocycles. The Morgan fingerprint density at radius 3 is 2.21 bits per heavy atom. The smallest absolute Gasteiger partial charge is 0.192 e. The summed E-state index contributed by atoms with van der Waals surface area (Å²) in [4.78, 5) is 7.19. The van der Waals surface area contributed by atoms with Gasteiger partial charge in [-0.25, -0.2) is 9.37 Å². The SMILES string of the molecule is CCN(CC)c1ccc(-c2ccc3ccc(OCC(CF)O[Si](C)(C)C(C)(C)C)cc3n2)cc1. The maximum atomic E-state index is 13.7. The standard InChI is InChI=1S/C28H39FN2O2Si/c1-8-31(9-2)23-14-10-21(11-15-23)26-17-13-22-12-16-24(18-27(22)30-26)32-20-25(19-29)33-34(6,7)28(3,4)5/h10-18,25H,8-9,19-20H2,1-7H3. The molecule has 0 aliphatic carbocycles. The molecule has 0 radical (unpaired) electrons. The highest BCUT2D eigenvalue weighted by Crippen LogP contribution is 2.37. The van der Waals surface area contributed by atoms with Crippen LogP contribution in [0.1, 0.15) is 34.6 Å². The van der Waals surface area contributed by atoms with Crippen molar-refractivity contribution < 1.29 is 13.6 Å². The van der Waals surface area contributed by atoms with Crippen molar-refractivity contribution in [1.82, 2.24) is 4.98 Å². The van der Waals surface area contributed by atoms with E-state index in [4.69, 9.17) is 14.1 Å². The van der Waals surface area contributed by atoms with Gasteiger partial charge in [-0.2, -0.15) is 0 Å². The van der Waals surface area contributed by atoms with Gasteiger partial charge in [0.25, 0.3) is 0 Å². The van der Waals surface area contributed by atoms with Crippen LogP contribution in [0.3, 0.4) is 0 Å². The molecule has 4 nitrogen and oxygen atoms in total.